The summed E-state index contributed by atoms with van der Waals surface area (Å²) in [7, 11) is 0. The van der Waals surface area contributed by atoms with E-state index in [-0.39, 0.29) is 18.5 Å². The van der Waals surface area contributed by atoms with Gasteiger partial charge in [-0.1, -0.05) is 36.4 Å². The van der Waals surface area contributed by atoms with Crippen molar-refractivity contribution in [3.05, 3.63) is 80.2 Å². The molecule has 5 rings (SSSR count). The smallest absolute Gasteiger partial charge is 0.322 e. The molecule has 2 aromatic heterocycles. The zero-order valence-corrected chi connectivity index (χ0v) is 20.5. The van der Waals surface area contributed by atoms with E-state index in [9.17, 15) is 14.4 Å². The maximum atomic E-state index is 13.1. The topological polar surface area (TPSA) is 81.8 Å². The van der Waals surface area contributed by atoms with Crippen LogP contribution in [0.3, 0.4) is 0 Å². The molecule has 3 aromatic rings. The molecule has 2 aliphatic heterocycles. The van der Waals surface area contributed by atoms with Gasteiger partial charge in [0.1, 0.15) is 5.54 Å². The fourth-order valence-corrected chi connectivity index (χ4v) is 6.44. The SMILES string of the molecule is C[C@@]1(CCc2ccccc2)NC(=O)N(NC(=O)CN2CCc3sccc3[C@@H]2c2cccs2)C1=O. The molecule has 1 aromatic carbocycles. The summed E-state index contributed by atoms with van der Waals surface area (Å²) in [5.74, 6) is -0.814. The highest BCUT2D eigenvalue weighted by molar-refractivity contribution is 7.10. The van der Waals surface area contributed by atoms with E-state index in [1.54, 1.807) is 29.6 Å². The van der Waals surface area contributed by atoms with E-state index in [4.69, 9.17) is 0 Å². The second kappa shape index (κ2) is 9.32. The number of nitrogens with zero attached hydrogens (tertiary/aromatic N) is 2. The van der Waals surface area contributed by atoms with Gasteiger partial charge in [0.05, 0.1) is 12.6 Å². The van der Waals surface area contributed by atoms with Crippen LogP contribution in [-0.2, 0) is 22.4 Å². The van der Waals surface area contributed by atoms with Crippen molar-refractivity contribution in [2.24, 2.45) is 0 Å². The fourth-order valence-electron chi connectivity index (χ4n) is 4.66. The number of thiophene rings is 2. The number of benzene rings is 1. The second-order valence-electron chi connectivity index (χ2n) is 8.86. The van der Waals surface area contributed by atoms with Crippen LogP contribution in [0.2, 0.25) is 0 Å². The Labute approximate surface area is 206 Å². The van der Waals surface area contributed by atoms with Crippen LogP contribution in [0.4, 0.5) is 4.79 Å². The normalized spacial score (nSPS) is 22.5. The fraction of sp³-hybridized carbons (Fsp3) is 0.320. The van der Waals surface area contributed by atoms with Crippen molar-refractivity contribution >= 4 is 40.5 Å². The zero-order valence-electron chi connectivity index (χ0n) is 18.8. The molecule has 176 valence electrons. The van der Waals surface area contributed by atoms with Crippen LogP contribution in [0.5, 0.6) is 0 Å². The quantitative estimate of drug-likeness (QED) is 0.491. The summed E-state index contributed by atoms with van der Waals surface area (Å²) >= 11 is 3.42. The summed E-state index contributed by atoms with van der Waals surface area (Å²) in [6, 6.07) is 15.5. The third kappa shape index (κ3) is 4.38. The van der Waals surface area contributed by atoms with E-state index < -0.39 is 17.5 Å². The first-order valence-electron chi connectivity index (χ1n) is 11.3. The molecule has 4 amide bonds. The van der Waals surface area contributed by atoms with Gasteiger partial charge >= 0.3 is 6.03 Å². The summed E-state index contributed by atoms with van der Waals surface area (Å²) in [4.78, 5) is 43.3. The third-order valence-electron chi connectivity index (χ3n) is 6.48. The number of aryl methyl sites for hydroxylation is 1. The molecule has 0 aliphatic carbocycles. The molecule has 9 heteroatoms. The van der Waals surface area contributed by atoms with Crippen molar-refractivity contribution in [2.75, 3.05) is 13.1 Å². The van der Waals surface area contributed by atoms with Gasteiger partial charge in [0.25, 0.3) is 11.8 Å². The van der Waals surface area contributed by atoms with Crippen LogP contribution in [0, 0.1) is 0 Å². The Morgan fingerprint density at radius 1 is 1.12 bits per heavy atom. The lowest BCUT2D eigenvalue weighted by Gasteiger charge is -2.35. The number of nitrogens with one attached hydrogen (secondary N) is 2. The lowest BCUT2D eigenvalue weighted by Crippen LogP contribution is -2.52. The van der Waals surface area contributed by atoms with E-state index in [0.29, 0.717) is 12.8 Å². The van der Waals surface area contributed by atoms with Crippen molar-refractivity contribution in [1.29, 1.82) is 0 Å². The molecule has 0 spiro atoms. The molecule has 2 atom stereocenters. The minimum atomic E-state index is -1.06. The van der Waals surface area contributed by atoms with E-state index in [1.807, 2.05) is 41.8 Å². The predicted octanol–water partition coefficient (Wildman–Crippen LogP) is 3.73. The van der Waals surface area contributed by atoms with E-state index in [2.05, 4.69) is 33.2 Å². The molecular weight excluding hydrogens is 468 g/mol. The van der Waals surface area contributed by atoms with E-state index in [0.717, 1.165) is 23.5 Å². The van der Waals surface area contributed by atoms with Gasteiger partial charge in [-0.2, -0.15) is 5.01 Å². The molecule has 34 heavy (non-hydrogen) atoms. The summed E-state index contributed by atoms with van der Waals surface area (Å²) in [5.41, 5.74) is 3.82. The predicted molar refractivity (Wildman–Crippen MR) is 132 cm³/mol. The van der Waals surface area contributed by atoms with Crippen LogP contribution >= 0.6 is 22.7 Å². The Kier molecular flexibility index (Phi) is 6.24. The average Bonchev–Trinajstić information content (AvgIpc) is 3.57. The maximum Gasteiger partial charge on any atom is 0.344 e. The highest BCUT2D eigenvalue weighted by Crippen LogP contribution is 2.39. The second-order valence-corrected chi connectivity index (χ2v) is 10.8. The first kappa shape index (κ1) is 22.8. The first-order chi connectivity index (χ1) is 16.4. The molecule has 0 unspecified atom stereocenters. The van der Waals surface area contributed by atoms with Gasteiger partial charge in [0.15, 0.2) is 0 Å². The van der Waals surface area contributed by atoms with Gasteiger partial charge in [-0.05, 0) is 60.2 Å². The van der Waals surface area contributed by atoms with Gasteiger partial charge in [-0.3, -0.25) is 19.9 Å². The number of fused-ring (bicyclic) bond motifs is 1. The largest absolute Gasteiger partial charge is 0.344 e. The summed E-state index contributed by atoms with van der Waals surface area (Å²) in [5, 5.41) is 7.74. The van der Waals surface area contributed by atoms with Gasteiger partial charge in [-0.25, -0.2) is 4.79 Å². The molecule has 1 saturated heterocycles. The highest BCUT2D eigenvalue weighted by atomic mass is 32.1. The molecule has 0 bridgehead atoms. The molecule has 0 saturated carbocycles. The number of carbonyl (C=O) groups is 3. The summed E-state index contributed by atoms with van der Waals surface area (Å²) in [6.45, 7) is 2.53. The number of carbonyl (C=O) groups excluding carboxylic acids is 3. The van der Waals surface area contributed by atoms with Crippen molar-refractivity contribution in [3.63, 3.8) is 0 Å². The van der Waals surface area contributed by atoms with Crippen molar-refractivity contribution < 1.29 is 14.4 Å². The monoisotopic (exact) mass is 494 g/mol. The molecule has 2 aliphatic rings. The van der Waals surface area contributed by atoms with Crippen molar-refractivity contribution in [1.82, 2.24) is 20.7 Å². The maximum absolute atomic E-state index is 13.1. The van der Waals surface area contributed by atoms with Crippen LogP contribution < -0.4 is 10.7 Å². The van der Waals surface area contributed by atoms with Crippen LogP contribution in [0.25, 0.3) is 0 Å². The van der Waals surface area contributed by atoms with Crippen LogP contribution in [0.1, 0.15) is 40.3 Å². The summed E-state index contributed by atoms with van der Waals surface area (Å²) < 4.78 is 0. The van der Waals surface area contributed by atoms with Gasteiger partial charge in [0.2, 0.25) is 0 Å². The average molecular weight is 495 g/mol. The van der Waals surface area contributed by atoms with Gasteiger partial charge < -0.3 is 5.32 Å². The van der Waals surface area contributed by atoms with Crippen molar-refractivity contribution in [2.45, 2.75) is 37.8 Å². The van der Waals surface area contributed by atoms with E-state index in [1.165, 1.54) is 15.3 Å². The third-order valence-corrected chi connectivity index (χ3v) is 8.40. The highest BCUT2D eigenvalue weighted by Gasteiger charge is 2.48. The Morgan fingerprint density at radius 2 is 1.94 bits per heavy atom. The number of amides is 4. The Hall–Kier alpha value is -3.01. The molecule has 1 fully saturated rings. The first-order valence-corrected chi connectivity index (χ1v) is 13.0. The Morgan fingerprint density at radius 3 is 2.71 bits per heavy atom. The number of hydrazine groups is 1. The molecule has 0 radical (unpaired) electrons. The van der Waals surface area contributed by atoms with Crippen LogP contribution in [-0.4, -0.2) is 46.4 Å². The number of hydrogen-bond acceptors (Lipinski definition) is 6. The molecular formula is C25H26N4O3S2. The number of imide groups is 1. The minimum Gasteiger partial charge on any atom is -0.322 e. The number of rotatable bonds is 7. The van der Waals surface area contributed by atoms with Gasteiger partial charge in [-0.15, -0.1) is 22.7 Å². The molecule has 2 N–H and O–H groups in total. The lowest BCUT2D eigenvalue weighted by atomic mass is 9.93. The zero-order chi connectivity index (χ0) is 23.7. The molecule has 7 nitrogen and oxygen atoms in total. The van der Waals surface area contributed by atoms with Crippen LogP contribution in [0.15, 0.2) is 59.3 Å². The molecule has 4 heterocycles. The van der Waals surface area contributed by atoms with Crippen molar-refractivity contribution in [3.8, 4) is 0 Å². The number of urea groups is 1. The lowest BCUT2D eigenvalue weighted by molar-refractivity contribution is -0.139. The van der Waals surface area contributed by atoms with Gasteiger partial charge in [0, 0.05) is 16.3 Å². The number of hydrogen-bond donors (Lipinski definition) is 2. The Bertz CT molecular complexity index is 1190. The Balaban J connectivity index is 1.25. The standard InChI is InChI=1S/C25H26N4O3S2/c1-25(12-9-17-6-3-2-4-7-17)23(31)29(24(32)26-25)27-21(30)16-28-13-10-19-18(11-15-34-19)22(28)20-8-5-14-33-20/h2-8,11,14-15,22H,9-10,12-13,16H2,1H3,(H,26,32)(H,27,30)/t22-,25+/m1/s1. The summed E-state index contributed by atoms with van der Waals surface area (Å²) in [6.07, 6.45) is 1.97. The van der Waals surface area contributed by atoms with E-state index >= 15 is 0 Å². The minimum absolute atomic E-state index is 0.00000521.